The third kappa shape index (κ3) is 2.26. The zero-order valence-corrected chi connectivity index (χ0v) is 8.91. The van der Waals surface area contributed by atoms with Crippen LogP contribution < -0.4 is 10.2 Å². The molecule has 3 nitrogen and oxygen atoms in total. The Bertz CT molecular complexity index is 323. The van der Waals surface area contributed by atoms with E-state index in [1.807, 2.05) is 11.9 Å². The molecule has 15 heavy (non-hydrogen) atoms. The summed E-state index contributed by atoms with van der Waals surface area (Å²) < 4.78 is 13.5. The van der Waals surface area contributed by atoms with E-state index in [0.29, 0.717) is 11.9 Å². The molecule has 1 N–H and O–H groups in total. The maximum atomic E-state index is 13.5. The van der Waals surface area contributed by atoms with Crippen molar-refractivity contribution in [3.8, 4) is 0 Å². The van der Waals surface area contributed by atoms with Crippen LogP contribution in [-0.4, -0.2) is 31.2 Å². The van der Waals surface area contributed by atoms with E-state index < -0.39 is 0 Å². The third-order valence-corrected chi connectivity index (χ3v) is 2.93. The molecule has 1 fully saturated rings. The Kier molecular flexibility index (Phi) is 3.16. The summed E-state index contributed by atoms with van der Waals surface area (Å²) in [7, 11) is 1.92. The van der Waals surface area contributed by atoms with Gasteiger partial charge < -0.3 is 10.2 Å². The van der Waals surface area contributed by atoms with Crippen LogP contribution in [0.1, 0.15) is 12.8 Å². The van der Waals surface area contributed by atoms with Crippen molar-refractivity contribution < 1.29 is 4.39 Å². The lowest BCUT2D eigenvalue weighted by Crippen LogP contribution is -2.41. The summed E-state index contributed by atoms with van der Waals surface area (Å²) in [5.74, 6) is 0.225. The van der Waals surface area contributed by atoms with E-state index in [9.17, 15) is 4.39 Å². The van der Waals surface area contributed by atoms with E-state index in [1.54, 1.807) is 12.3 Å². The van der Waals surface area contributed by atoms with Gasteiger partial charge in [0, 0.05) is 19.3 Å². The van der Waals surface area contributed by atoms with Crippen molar-refractivity contribution in [2.45, 2.75) is 18.9 Å². The summed E-state index contributed by atoms with van der Waals surface area (Å²) in [5.41, 5.74) is 0. The zero-order valence-electron chi connectivity index (χ0n) is 8.91. The molecule has 0 radical (unpaired) electrons. The molecule has 1 aliphatic rings. The number of rotatable bonds is 2. The summed E-state index contributed by atoms with van der Waals surface area (Å²) in [4.78, 5) is 6.04. The van der Waals surface area contributed by atoms with Gasteiger partial charge in [-0.05, 0) is 38.1 Å². The van der Waals surface area contributed by atoms with Crippen LogP contribution in [0.2, 0.25) is 0 Å². The first-order valence-electron chi connectivity index (χ1n) is 5.33. The van der Waals surface area contributed by atoms with Crippen LogP contribution >= 0.6 is 0 Å². The van der Waals surface area contributed by atoms with Gasteiger partial charge in [-0.25, -0.2) is 9.37 Å². The molecule has 0 spiro atoms. The minimum absolute atomic E-state index is 0.237. The smallest absolute Gasteiger partial charge is 0.165 e. The number of halogens is 1. The lowest BCUT2D eigenvalue weighted by atomic mass is 10.1. The molecule has 0 aromatic carbocycles. The molecule has 4 heteroatoms. The van der Waals surface area contributed by atoms with Gasteiger partial charge in [-0.3, -0.25) is 0 Å². The van der Waals surface area contributed by atoms with Gasteiger partial charge in [0.25, 0.3) is 0 Å². The minimum Gasteiger partial charge on any atom is -0.354 e. The number of nitrogens with zero attached hydrogens (tertiary/aromatic N) is 2. The molecule has 2 rings (SSSR count). The fourth-order valence-electron chi connectivity index (χ4n) is 2.00. The van der Waals surface area contributed by atoms with E-state index in [-0.39, 0.29) is 5.82 Å². The highest BCUT2D eigenvalue weighted by atomic mass is 19.1. The number of anilines is 1. The normalized spacial score (nSPS) is 17.7. The van der Waals surface area contributed by atoms with E-state index in [1.165, 1.54) is 6.07 Å². The monoisotopic (exact) mass is 209 g/mol. The molecular weight excluding hydrogens is 193 g/mol. The molecular formula is C11H16FN3. The highest BCUT2D eigenvalue weighted by Gasteiger charge is 2.20. The molecule has 0 aliphatic carbocycles. The molecule has 0 saturated carbocycles. The highest BCUT2D eigenvalue weighted by Crippen LogP contribution is 2.20. The van der Waals surface area contributed by atoms with Crippen LogP contribution in [0.5, 0.6) is 0 Å². The fourth-order valence-corrected chi connectivity index (χ4v) is 2.00. The summed E-state index contributed by atoms with van der Waals surface area (Å²) in [6.07, 6.45) is 3.73. The maximum Gasteiger partial charge on any atom is 0.165 e. The van der Waals surface area contributed by atoms with Crippen molar-refractivity contribution in [2.24, 2.45) is 0 Å². The Labute approximate surface area is 89.3 Å². The van der Waals surface area contributed by atoms with Crippen molar-refractivity contribution in [1.82, 2.24) is 10.3 Å². The molecule has 0 atom stereocenters. The van der Waals surface area contributed by atoms with Gasteiger partial charge in [-0.1, -0.05) is 0 Å². The molecule has 0 unspecified atom stereocenters. The first-order chi connectivity index (χ1) is 7.29. The topological polar surface area (TPSA) is 28.2 Å². The largest absolute Gasteiger partial charge is 0.354 e. The Morgan fingerprint density at radius 3 is 2.87 bits per heavy atom. The van der Waals surface area contributed by atoms with Crippen LogP contribution in [0.3, 0.4) is 0 Å². The van der Waals surface area contributed by atoms with Gasteiger partial charge in [0.05, 0.1) is 0 Å². The Morgan fingerprint density at radius 1 is 1.47 bits per heavy atom. The summed E-state index contributed by atoms with van der Waals surface area (Å²) in [6, 6.07) is 3.48. The van der Waals surface area contributed by atoms with Gasteiger partial charge >= 0.3 is 0 Å². The number of hydrogen-bond acceptors (Lipinski definition) is 3. The molecule has 1 aliphatic heterocycles. The van der Waals surface area contributed by atoms with Crippen molar-refractivity contribution >= 4 is 5.82 Å². The second kappa shape index (κ2) is 4.57. The Hall–Kier alpha value is -1.16. The maximum absolute atomic E-state index is 13.5. The summed E-state index contributed by atoms with van der Waals surface area (Å²) >= 11 is 0. The second-order valence-electron chi connectivity index (χ2n) is 3.90. The van der Waals surface area contributed by atoms with Crippen molar-refractivity contribution in [1.29, 1.82) is 0 Å². The number of hydrogen-bond donors (Lipinski definition) is 1. The van der Waals surface area contributed by atoms with Gasteiger partial charge in [0.1, 0.15) is 0 Å². The molecule has 1 saturated heterocycles. The molecule has 0 amide bonds. The SMILES string of the molecule is CN(c1ncccc1F)C1CCNCC1. The number of pyridine rings is 1. The molecule has 0 bridgehead atoms. The summed E-state index contributed by atoms with van der Waals surface area (Å²) in [6.45, 7) is 2.01. The van der Waals surface area contributed by atoms with E-state index in [2.05, 4.69) is 10.3 Å². The number of aromatic nitrogens is 1. The fraction of sp³-hybridized carbons (Fsp3) is 0.545. The second-order valence-corrected chi connectivity index (χ2v) is 3.90. The number of piperidine rings is 1. The predicted molar refractivity (Wildman–Crippen MR) is 58.5 cm³/mol. The van der Waals surface area contributed by atoms with Crippen LogP contribution in [0.4, 0.5) is 10.2 Å². The zero-order chi connectivity index (χ0) is 10.7. The lowest BCUT2D eigenvalue weighted by Gasteiger charge is -2.32. The van der Waals surface area contributed by atoms with Gasteiger partial charge in [0.15, 0.2) is 11.6 Å². The van der Waals surface area contributed by atoms with E-state index >= 15 is 0 Å². The standard InChI is InChI=1S/C11H16FN3/c1-15(9-4-7-13-8-5-9)11-10(12)3-2-6-14-11/h2-3,6,9,13H,4-5,7-8H2,1H3. The van der Waals surface area contributed by atoms with Crippen LogP contribution in [-0.2, 0) is 0 Å². The average molecular weight is 209 g/mol. The Balaban J connectivity index is 2.12. The predicted octanol–water partition coefficient (Wildman–Crippen LogP) is 1.41. The van der Waals surface area contributed by atoms with Crippen molar-refractivity contribution in [3.05, 3.63) is 24.1 Å². The first-order valence-corrected chi connectivity index (χ1v) is 5.33. The van der Waals surface area contributed by atoms with E-state index in [0.717, 1.165) is 25.9 Å². The number of nitrogens with one attached hydrogen (secondary N) is 1. The van der Waals surface area contributed by atoms with Gasteiger partial charge in [0.2, 0.25) is 0 Å². The van der Waals surface area contributed by atoms with Crippen LogP contribution in [0, 0.1) is 5.82 Å². The van der Waals surface area contributed by atoms with E-state index in [4.69, 9.17) is 0 Å². The minimum atomic E-state index is -0.237. The van der Waals surface area contributed by atoms with Crippen molar-refractivity contribution in [2.75, 3.05) is 25.0 Å². The molecule has 1 aromatic heterocycles. The first kappa shape index (κ1) is 10.4. The molecule has 82 valence electrons. The average Bonchev–Trinajstić information content (AvgIpc) is 2.30. The Morgan fingerprint density at radius 2 is 2.20 bits per heavy atom. The van der Waals surface area contributed by atoms with Gasteiger partial charge in [-0.15, -0.1) is 0 Å². The van der Waals surface area contributed by atoms with Crippen molar-refractivity contribution in [3.63, 3.8) is 0 Å². The van der Waals surface area contributed by atoms with Crippen LogP contribution in [0.25, 0.3) is 0 Å². The lowest BCUT2D eigenvalue weighted by molar-refractivity contribution is 0.437. The molecule has 1 aromatic rings. The summed E-state index contributed by atoms with van der Waals surface area (Å²) in [5, 5.41) is 3.29. The molecule has 2 heterocycles. The van der Waals surface area contributed by atoms with Gasteiger partial charge in [-0.2, -0.15) is 0 Å². The third-order valence-electron chi connectivity index (χ3n) is 2.93. The van der Waals surface area contributed by atoms with Crippen LogP contribution in [0.15, 0.2) is 18.3 Å². The quantitative estimate of drug-likeness (QED) is 0.798. The highest BCUT2D eigenvalue weighted by molar-refractivity contribution is 5.39.